The highest BCUT2D eigenvalue weighted by atomic mass is 16.4. The molecular weight excluding hydrogens is 357 g/mol. The Bertz CT molecular complexity index is 1340. The van der Waals surface area contributed by atoms with Gasteiger partial charge in [0.1, 0.15) is 0 Å². The second kappa shape index (κ2) is 6.92. The summed E-state index contributed by atoms with van der Waals surface area (Å²) in [6.07, 6.45) is 0. The smallest absolute Gasteiger partial charge is 0.423 e. The van der Waals surface area contributed by atoms with Gasteiger partial charge in [0.15, 0.2) is 0 Å². The molecule has 0 atom stereocenters. The number of hydrogen-bond acceptors (Lipinski definition) is 2. The molecule has 4 heteroatoms. The van der Waals surface area contributed by atoms with Crippen LogP contribution in [0.5, 0.6) is 0 Å². The largest absolute Gasteiger partial charge is 0.488 e. The molecule has 0 unspecified atom stereocenters. The van der Waals surface area contributed by atoms with Crippen molar-refractivity contribution in [2.45, 2.75) is 6.92 Å². The van der Waals surface area contributed by atoms with Crippen molar-refractivity contribution in [3.63, 3.8) is 0 Å². The van der Waals surface area contributed by atoms with Gasteiger partial charge in [0.25, 0.3) is 0 Å². The molecule has 29 heavy (non-hydrogen) atoms. The van der Waals surface area contributed by atoms with Crippen molar-refractivity contribution in [3.05, 3.63) is 96.6 Å². The number of para-hydroxylation sites is 2. The van der Waals surface area contributed by atoms with Crippen LogP contribution in [0.1, 0.15) is 5.56 Å². The zero-order valence-electron chi connectivity index (χ0n) is 16.1. The quantitative estimate of drug-likeness (QED) is 0.457. The normalized spacial score (nSPS) is 11.3. The van der Waals surface area contributed by atoms with Crippen LogP contribution in [0.4, 0.5) is 0 Å². The summed E-state index contributed by atoms with van der Waals surface area (Å²) >= 11 is 0. The minimum absolute atomic E-state index is 0.536. The van der Waals surface area contributed by atoms with Crippen LogP contribution in [0.25, 0.3) is 38.6 Å². The summed E-state index contributed by atoms with van der Waals surface area (Å²) in [5.74, 6) is 0. The molecule has 5 rings (SSSR count). The molecule has 0 aliphatic rings. The summed E-state index contributed by atoms with van der Waals surface area (Å²) in [5.41, 5.74) is 6.94. The van der Waals surface area contributed by atoms with E-state index >= 15 is 0 Å². The zero-order valence-corrected chi connectivity index (χ0v) is 16.1. The Morgan fingerprint density at radius 2 is 1.41 bits per heavy atom. The summed E-state index contributed by atoms with van der Waals surface area (Å²) in [6, 6.07) is 30.9. The minimum atomic E-state index is -1.47. The van der Waals surface area contributed by atoms with Gasteiger partial charge in [-0.15, -0.1) is 0 Å². The van der Waals surface area contributed by atoms with Crippen LogP contribution in [0.15, 0.2) is 91.0 Å². The van der Waals surface area contributed by atoms with Gasteiger partial charge in [0.05, 0.1) is 11.0 Å². The lowest BCUT2D eigenvalue weighted by Gasteiger charge is -2.12. The Kier molecular flexibility index (Phi) is 4.24. The summed E-state index contributed by atoms with van der Waals surface area (Å²) in [5, 5.41) is 21.7. The molecule has 0 aliphatic heterocycles. The lowest BCUT2D eigenvalue weighted by Crippen LogP contribution is -2.32. The molecule has 0 amide bonds. The SMILES string of the molecule is Cc1c(B(O)O)cccc1-c1ccc2c(c1)c1ccccc1n2-c1ccccc1. The molecule has 0 bridgehead atoms. The molecule has 0 fully saturated rings. The maximum Gasteiger partial charge on any atom is 0.488 e. The molecule has 0 saturated heterocycles. The van der Waals surface area contributed by atoms with Crippen molar-refractivity contribution < 1.29 is 10.0 Å². The highest BCUT2D eigenvalue weighted by Gasteiger charge is 2.17. The van der Waals surface area contributed by atoms with Gasteiger partial charge >= 0.3 is 7.12 Å². The average Bonchev–Trinajstić information content (AvgIpc) is 3.08. The van der Waals surface area contributed by atoms with Crippen LogP contribution in [0, 0.1) is 6.92 Å². The van der Waals surface area contributed by atoms with E-state index in [1.54, 1.807) is 6.07 Å². The van der Waals surface area contributed by atoms with E-state index in [2.05, 4.69) is 71.3 Å². The van der Waals surface area contributed by atoms with Crippen LogP contribution in [-0.2, 0) is 0 Å². The summed E-state index contributed by atoms with van der Waals surface area (Å²) in [6.45, 7) is 1.93. The predicted molar refractivity (Wildman–Crippen MR) is 121 cm³/mol. The van der Waals surface area contributed by atoms with E-state index in [9.17, 15) is 10.0 Å². The van der Waals surface area contributed by atoms with E-state index in [0.717, 1.165) is 27.9 Å². The molecule has 3 nitrogen and oxygen atoms in total. The van der Waals surface area contributed by atoms with Gasteiger partial charge in [-0.1, -0.05) is 60.7 Å². The molecule has 2 N–H and O–H groups in total. The maximum absolute atomic E-state index is 9.67. The summed E-state index contributed by atoms with van der Waals surface area (Å²) < 4.78 is 2.29. The second-order valence-corrected chi connectivity index (χ2v) is 7.31. The third-order valence-corrected chi connectivity index (χ3v) is 5.65. The van der Waals surface area contributed by atoms with Crippen LogP contribution in [-0.4, -0.2) is 21.7 Å². The van der Waals surface area contributed by atoms with Crippen LogP contribution < -0.4 is 5.46 Å². The lowest BCUT2D eigenvalue weighted by atomic mass is 9.75. The molecule has 0 radical (unpaired) electrons. The first-order chi connectivity index (χ1) is 14.1. The molecule has 1 aromatic heterocycles. The third kappa shape index (κ3) is 2.85. The molecule has 0 aliphatic carbocycles. The van der Waals surface area contributed by atoms with E-state index in [1.165, 1.54) is 16.3 Å². The van der Waals surface area contributed by atoms with E-state index in [4.69, 9.17) is 0 Å². The average molecular weight is 377 g/mol. The van der Waals surface area contributed by atoms with Gasteiger partial charge in [0.2, 0.25) is 0 Å². The molecule has 0 spiro atoms. The van der Waals surface area contributed by atoms with Crippen molar-refractivity contribution >= 4 is 34.4 Å². The van der Waals surface area contributed by atoms with E-state index in [-0.39, 0.29) is 0 Å². The Morgan fingerprint density at radius 3 is 2.21 bits per heavy atom. The molecule has 1 heterocycles. The molecule has 4 aromatic carbocycles. The Hall–Kier alpha value is -3.34. The van der Waals surface area contributed by atoms with Gasteiger partial charge < -0.3 is 14.6 Å². The molecule has 0 saturated carbocycles. The number of hydrogen-bond donors (Lipinski definition) is 2. The lowest BCUT2D eigenvalue weighted by molar-refractivity contribution is 0.425. The Labute approximate surface area is 169 Å². The molecule has 140 valence electrons. The standard InChI is InChI=1S/C25H20BNO2/c1-17-20(11-7-12-23(17)26(28)29)18-14-15-25-22(16-18)21-10-5-6-13-24(21)27(25)19-8-3-2-4-9-19/h2-16,28-29H,1H3. The van der Waals surface area contributed by atoms with E-state index < -0.39 is 7.12 Å². The number of fused-ring (bicyclic) bond motifs is 3. The molecular formula is C25H20BNO2. The van der Waals surface area contributed by atoms with Gasteiger partial charge in [0, 0.05) is 16.5 Å². The third-order valence-electron chi connectivity index (χ3n) is 5.65. The highest BCUT2D eigenvalue weighted by molar-refractivity contribution is 6.59. The zero-order chi connectivity index (χ0) is 20.0. The van der Waals surface area contributed by atoms with Crippen molar-refractivity contribution in [1.29, 1.82) is 0 Å². The van der Waals surface area contributed by atoms with Crippen molar-refractivity contribution in [3.8, 4) is 16.8 Å². The highest BCUT2D eigenvalue weighted by Crippen LogP contribution is 2.35. The fourth-order valence-electron chi connectivity index (χ4n) is 4.24. The number of benzene rings is 4. The fraction of sp³-hybridized carbons (Fsp3) is 0.0400. The van der Waals surface area contributed by atoms with Crippen LogP contribution >= 0.6 is 0 Å². The number of aromatic nitrogens is 1. The summed E-state index contributed by atoms with van der Waals surface area (Å²) in [4.78, 5) is 0. The first-order valence-electron chi connectivity index (χ1n) is 9.70. The Balaban J connectivity index is 1.80. The Morgan fingerprint density at radius 1 is 0.690 bits per heavy atom. The predicted octanol–water partition coefficient (Wildman–Crippen LogP) is 4.44. The number of nitrogens with zero attached hydrogens (tertiary/aromatic N) is 1. The fourth-order valence-corrected chi connectivity index (χ4v) is 4.24. The van der Waals surface area contributed by atoms with Crippen LogP contribution in [0.2, 0.25) is 0 Å². The van der Waals surface area contributed by atoms with Gasteiger partial charge in [-0.3, -0.25) is 0 Å². The maximum atomic E-state index is 9.67. The first-order valence-corrected chi connectivity index (χ1v) is 9.70. The van der Waals surface area contributed by atoms with Crippen molar-refractivity contribution in [2.75, 3.05) is 0 Å². The molecule has 5 aromatic rings. The van der Waals surface area contributed by atoms with Gasteiger partial charge in [-0.2, -0.15) is 0 Å². The summed E-state index contributed by atoms with van der Waals surface area (Å²) in [7, 11) is -1.47. The minimum Gasteiger partial charge on any atom is -0.423 e. The van der Waals surface area contributed by atoms with Gasteiger partial charge in [-0.25, -0.2) is 0 Å². The van der Waals surface area contributed by atoms with Gasteiger partial charge in [-0.05, 0) is 59.4 Å². The van der Waals surface area contributed by atoms with E-state index in [0.29, 0.717) is 5.46 Å². The van der Waals surface area contributed by atoms with Crippen LogP contribution in [0.3, 0.4) is 0 Å². The monoisotopic (exact) mass is 377 g/mol. The first kappa shape index (κ1) is 17.7. The second-order valence-electron chi connectivity index (χ2n) is 7.31. The van der Waals surface area contributed by atoms with E-state index in [1.807, 2.05) is 25.1 Å². The topological polar surface area (TPSA) is 45.4 Å². The van der Waals surface area contributed by atoms with Crippen molar-refractivity contribution in [1.82, 2.24) is 4.57 Å². The number of rotatable bonds is 3. The van der Waals surface area contributed by atoms with Crippen molar-refractivity contribution in [2.24, 2.45) is 0 Å².